The number of hydrogen-bond acceptors (Lipinski definition) is 4. The molecular weight excluding hydrogens is 266 g/mol. The lowest BCUT2D eigenvalue weighted by molar-refractivity contribution is -0.123. The molecule has 104 valence electrons. The number of hydrogen-bond donors (Lipinski definition) is 1. The van der Waals surface area contributed by atoms with Gasteiger partial charge in [-0.25, -0.2) is 5.43 Å². The Hall–Kier alpha value is -3.13. The highest BCUT2D eigenvalue weighted by atomic mass is 16.5. The van der Waals surface area contributed by atoms with Crippen LogP contribution in [0.15, 0.2) is 59.7 Å². The molecule has 0 heterocycles. The van der Waals surface area contributed by atoms with E-state index in [-0.39, 0.29) is 12.5 Å². The quantitative estimate of drug-likeness (QED) is 0.672. The SMILES string of the molecule is N#Cc1ccc(/C=N/NC(=O)COc2ccccc2)cc1. The molecule has 5 heteroatoms. The van der Waals surface area contributed by atoms with E-state index in [2.05, 4.69) is 10.5 Å². The van der Waals surface area contributed by atoms with Crippen LogP contribution in [0.3, 0.4) is 0 Å². The summed E-state index contributed by atoms with van der Waals surface area (Å²) in [6.45, 7) is -0.102. The number of para-hydroxylation sites is 1. The molecule has 0 aliphatic heterocycles. The van der Waals surface area contributed by atoms with E-state index in [0.717, 1.165) is 5.56 Å². The summed E-state index contributed by atoms with van der Waals surface area (Å²) in [5.41, 5.74) is 3.74. The van der Waals surface area contributed by atoms with E-state index in [4.69, 9.17) is 10.00 Å². The van der Waals surface area contributed by atoms with Crippen molar-refractivity contribution in [3.05, 3.63) is 65.7 Å². The minimum absolute atomic E-state index is 0.102. The molecule has 0 spiro atoms. The number of nitrogens with zero attached hydrogens (tertiary/aromatic N) is 2. The Balaban J connectivity index is 1.78. The molecule has 2 aromatic carbocycles. The van der Waals surface area contributed by atoms with Gasteiger partial charge in [-0.1, -0.05) is 30.3 Å². The molecule has 1 amide bonds. The number of rotatable bonds is 5. The first-order valence-electron chi connectivity index (χ1n) is 6.28. The number of ether oxygens (including phenoxy) is 1. The lowest BCUT2D eigenvalue weighted by atomic mass is 10.2. The summed E-state index contributed by atoms with van der Waals surface area (Å²) in [6, 6.07) is 18.0. The van der Waals surface area contributed by atoms with E-state index in [1.54, 1.807) is 36.4 Å². The molecule has 0 aromatic heterocycles. The minimum Gasteiger partial charge on any atom is -0.484 e. The van der Waals surface area contributed by atoms with Crippen LogP contribution in [0.1, 0.15) is 11.1 Å². The van der Waals surface area contributed by atoms with Crippen molar-refractivity contribution in [2.45, 2.75) is 0 Å². The van der Waals surface area contributed by atoms with E-state index in [1.807, 2.05) is 24.3 Å². The van der Waals surface area contributed by atoms with Gasteiger partial charge in [-0.15, -0.1) is 0 Å². The Bertz CT molecular complexity index is 658. The van der Waals surface area contributed by atoms with Crippen LogP contribution >= 0.6 is 0 Å². The zero-order valence-electron chi connectivity index (χ0n) is 11.2. The van der Waals surface area contributed by atoms with Crippen molar-refractivity contribution in [3.63, 3.8) is 0 Å². The van der Waals surface area contributed by atoms with Gasteiger partial charge in [0.1, 0.15) is 5.75 Å². The summed E-state index contributed by atoms with van der Waals surface area (Å²) in [4.78, 5) is 11.5. The molecule has 5 nitrogen and oxygen atoms in total. The molecular formula is C16H13N3O2. The average Bonchev–Trinajstić information content (AvgIpc) is 2.54. The van der Waals surface area contributed by atoms with Crippen LogP contribution in [0.4, 0.5) is 0 Å². The van der Waals surface area contributed by atoms with Crippen molar-refractivity contribution in [2.75, 3.05) is 6.61 Å². The van der Waals surface area contributed by atoms with Gasteiger partial charge in [-0.3, -0.25) is 4.79 Å². The predicted molar refractivity (Wildman–Crippen MR) is 78.8 cm³/mol. The average molecular weight is 279 g/mol. The Labute approximate surface area is 122 Å². The third-order valence-corrected chi connectivity index (χ3v) is 2.56. The van der Waals surface area contributed by atoms with Crippen LogP contribution in [0.5, 0.6) is 5.75 Å². The van der Waals surface area contributed by atoms with E-state index < -0.39 is 0 Å². The monoisotopic (exact) mass is 279 g/mol. The summed E-state index contributed by atoms with van der Waals surface area (Å²) in [7, 11) is 0. The third kappa shape index (κ3) is 4.80. The number of carbonyl (C=O) groups is 1. The van der Waals surface area contributed by atoms with Crippen LogP contribution < -0.4 is 10.2 Å². The van der Waals surface area contributed by atoms with E-state index in [1.165, 1.54) is 6.21 Å². The fourth-order valence-electron chi connectivity index (χ4n) is 1.52. The number of benzene rings is 2. The van der Waals surface area contributed by atoms with Crippen molar-refractivity contribution in [2.24, 2.45) is 5.10 Å². The molecule has 1 N–H and O–H groups in total. The standard InChI is InChI=1S/C16H13N3O2/c17-10-13-6-8-14(9-7-13)11-18-19-16(20)12-21-15-4-2-1-3-5-15/h1-9,11H,12H2,(H,19,20)/b18-11+. The largest absolute Gasteiger partial charge is 0.484 e. The number of nitriles is 1. The lowest BCUT2D eigenvalue weighted by Crippen LogP contribution is -2.24. The Morgan fingerprint density at radius 2 is 1.90 bits per heavy atom. The zero-order chi connectivity index (χ0) is 14.9. The fraction of sp³-hybridized carbons (Fsp3) is 0.0625. The fourth-order valence-corrected chi connectivity index (χ4v) is 1.52. The predicted octanol–water partition coefficient (Wildman–Crippen LogP) is 2.09. The van der Waals surface area contributed by atoms with Gasteiger partial charge >= 0.3 is 0 Å². The second kappa shape index (κ2) is 7.46. The van der Waals surface area contributed by atoms with Crippen molar-refractivity contribution >= 4 is 12.1 Å². The van der Waals surface area contributed by atoms with Crippen LogP contribution in [-0.2, 0) is 4.79 Å². The van der Waals surface area contributed by atoms with Crippen molar-refractivity contribution in [1.82, 2.24) is 5.43 Å². The molecule has 2 rings (SSSR count). The summed E-state index contributed by atoms with van der Waals surface area (Å²) in [6.07, 6.45) is 1.50. The molecule has 0 aliphatic rings. The summed E-state index contributed by atoms with van der Waals surface area (Å²) < 4.78 is 5.28. The number of amides is 1. The first-order valence-corrected chi connectivity index (χ1v) is 6.28. The molecule has 0 atom stereocenters. The van der Waals surface area contributed by atoms with E-state index >= 15 is 0 Å². The normalized spacial score (nSPS) is 10.0. The maximum absolute atomic E-state index is 11.5. The molecule has 0 unspecified atom stereocenters. The second-order valence-corrected chi connectivity index (χ2v) is 4.13. The first-order chi connectivity index (χ1) is 10.3. The first kappa shape index (κ1) is 14.3. The molecule has 0 fully saturated rings. The van der Waals surface area contributed by atoms with Crippen LogP contribution in [0.2, 0.25) is 0 Å². The third-order valence-electron chi connectivity index (χ3n) is 2.56. The van der Waals surface area contributed by atoms with Gasteiger partial charge in [0.2, 0.25) is 0 Å². The number of hydrazone groups is 1. The number of carbonyl (C=O) groups excluding carboxylic acids is 1. The van der Waals surface area contributed by atoms with Crippen molar-refractivity contribution in [3.8, 4) is 11.8 Å². The Kier molecular flexibility index (Phi) is 5.07. The highest BCUT2D eigenvalue weighted by molar-refractivity contribution is 5.83. The highest BCUT2D eigenvalue weighted by Gasteiger charge is 2.00. The molecule has 0 aliphatic carbocycles. The number of nitrogens with one attached hydrogen (secondary N) is 1. The smallest absolute Gasteiger partial charge is 0.277 e. The Morgan fingerprint density at radius 1 is 1.19 bits per heavy atom. The van der Waals surface area contributed by atoms with Gasteiger partial charge in [0.25, 0.3) is 5.91 Å². The van der Waals surface area contributed by atoms with Gasteiger partial charge in [0.15, 0.2) is 6.61 Å². The minimum atomic E-state index is -0.344. The maximum Gasteiger partial charge on any atom is 0.277 e. The van der Waals surface area contributed by atoms with E-state index in [0.29, 0.717) is 11.3 Å². The molecule has 0 saturated carbocycles. The van der Waals surface area contributed by atoms with Crippen LogP contribution in [-0.4, -0.2) is 18.7 Å². The van der Waals surface area contributed by atoms with Crippen LogP contribution in [0, 0.1) is 11.3 Å². The molecule has 0 radical (unpaired) electrons. The van der Waals surface area contributed by atoms with Gasteiger partial charge in [0.05, 0.1) is 17.8 Å². The van der Waals surface area contributed by atoms with E-state index in [9.17, 15) is 4.79 Å². The van der Waals surface area contributed by atoms with Gasteiger partial charge in [-0.2, -0.15) is 10.4 Å². The summed E-state index contributed by atoms with van der Waals surface area (Å²) in [5.74, 6) is 0.285. The van der Waals surface area contributed by atoms with Gasteiger partial charge in [-0.05, 0) is 29.8 Å². The van der Waals surface area contributed by atoms with Gasteiger partial charge < -0.3 is 4.74 Å². The topological polar surface area (TPSA) is 74.5 Å². The lowest BCUT2D eigenvalue weighted by Gasteiger charge is -2.04. The second-order valence-electron chi connectivity index (χ2n) is 4.13. The molecule has 2 aromatic rings. The van der Waals surface area contributed by atoms with Gasteiger partial charge in [0, 0.05) is 0 Å². The molecule has 0 saturated heterocycles. The van der Waals surface area contributed by atoms with Crippen LogP contribution in [0.25, 0.3) is 0 Å². The maximum atomic E-state index is 11.5. The summed E-state index contributed by atoms with van der Waals surface area (Å²) in [5, 5.41) is 12.5. The van der Waals surface area contributed by atoms with Crippen molar-refractivity contribution < 1.29 is 9.53 Å². The highest BCUT2D eigenvalue weighted by Crippen LogP contribution is 2.07. The molecule has 0 bridgehead atoms. The summed E-state index contributed by atoms with van der Waals surface area (Å²) >= 11 is 0. The van der Waals surface area contributed by atoms with Crippen molar-refractivity contribution in [1.29, 1.82) is 5.26 Å². The Morgan fingerprint density at radius 3 is 2.57 bits per heavy atom. The zero-order valence-corrected chi connectivity index (χ0v) is 11.2. The molecule has 21 heavy (non-hydrogen) atoms.